The molecule has 2 amide bonds. The van der Waals surface area contributed by atoms with Crippen molar-refractivity contribution in [3.8, 4) is 0 Å². The fraction of sp³-hybridized carbons (Fsp3) is 0.345. The van der Waals surface area contributed by atoms with E-state index in [4.69, 9.17) is 4.74 Å². The Bertz CT molecular complexity index is 993. The highest BCUT2D eigenvalue weighted by Crippen LogP contribution is 2.19. The van der Waals surface area contributed by atoms with Gasteiger partial charge in [-0.3, -0.25) is 14.4 Å². The van der Waals surface area contributed by atoms with Crippen molar-refractivity contribution in [2.45, 2.75) is 38.3 Å². The van der Waals surface area contributed by atoms with Crippen molar-refractivity contribution in [1.82, 2.24) is 10.6 Å². The molecule has 36 heavy (non-hydrogen) atoms. The molecule has 0 saturated heterocycles. The summed E-state index contributed by atoms with van der Waals surface area (Å²) in [5.74, 6) is -2.85. The number of aliphatic hydroxyl groups excluding tert-OH is 1. The summed E-state index contributed by atoms with van der Waals surface area (Å²) < 4.78 is 5.67. The molecule has 2 aromatic carbocycles. The normalized spacial score (nSPS) is 13.9. The van der Waals surface area contributed by atoms with Crippen molar-refractivity contribution in [2.24, 2.45) is 11.8 Å². The summed E-state index contributed by atoms with van der Waals surface area (Å²) in [6.07, 6.45) is 4.28. The van der Waals surface area contributed by atoms with E-state index in [9.17, 15) is 19.5 Å². The molecule has 192 valence electrons. The van der Waals surface area contributed by atoms with Crippen molar-refractivity contribution in [2.75, 3.05) is 13.2 Å². The minimum Gasteiger partial charge on any atom is -0.463 e. The quantitative estimate of drug-likeness (QED) is 0.201. The molecule has 7 nitrogen and oxygen atoms in total. The van der Waals surface area contributed by atoms with Gasteiger partial charge in [-0.2, -0.15) is 0 Å². The number of aliphatic hydroxyl groups is 1. The van der Waals surface area contributed by atoms with Crippen molar-refractivity contribution in [1.29, 1.82) is 0 Å². The molecule has 0 spiro atoms. The predicted octanol–water partition coefficient (Wildman–Crippen LogP) is 3.51. The second kappa shape index (κ2) is 15.3. The molecule has 7 heteroatoms. The van der Waals surface area contributed by atoms with E-state index in [1.54, 1.807) is 13.0 Å². The van der Waals surface area contributed by atoms with Crippen LogP contribution in [-0.4, -0.2) is 42.1 Å². The molecule has 0 fully saturated rings. The molecule has 4 atom stereocenters. The molecule has 2 aromatic rings. The zero-order chi connectivity index (χ0) is 26.3. The Morgan fingerprint density at radius 3 is 2.08 bits per heavy atom. The summed E-state index contributed by atoms with van der Waals surface area (Å²) in [6, 6.07) is 17.7. The monoisotopic (exact) mass is 492 g/mol. The summed E-state index contributed by atoms with van der Waals surface area (Å²) in [6.45, 7) is 8.71. The molecule has 0 radical (unpaired) electrons. The number of rotatable bonds is 15. The molecular weight excluding hydrogens is 456 g/mol. The largest absolute Gasteiger partial charge is 0.463 e. The maximum absolute atomic E-state index is 13.1. The lowest BCUT2D eigenvalue weighted by Crippen LogP contribution is -2.46. The number of carbonyl (C=O) groups is 3. The third-order valence-electron chi connectivity index (χ3n) is 5.72. The number of esters is 1. The molecule has 1 unspecified atom stereocenters. The van der Waals surface area contributed by atoms with Crippen LogP contribution in [0, 0.1) is 11.8 Å². The topological polar surface area (TPSA) is 105 Å². The molecule has 0 aromatic heterocycles. The summed E-state index contributed by atoms with van der Waals surface area (Å²) >= 11 is 0. The molecule has 3 N–H and O–H groups in total. The van der Waals surface area contributed by atoms with Crippen molar-refractivity contribution in [3.05, 3.63) is 97.1 Å². The van der Waals surface area contributed by atoms with Crippen molar-refractivity contribution in [3.63, 3.8) is 0 Å². The van der Waals surface area contributed by atoms with E-state index < -0.39 is 35.7 Å². The third kappa shape index (κ3) is 9.15. The van der Waals surface area contributed by atoms with Gasteiger partial charge in [0.15, 0.2) is 0 Å². The van der Waals surface area contributed by atoms with Crippen LogP contribution in [0.25, 0.3) is 0 Å². The van der Waals surface area contributed by atoms with Crippen LogP contribution in [-0.2, 0) is 25.5 Å². The maximum atomic E-state index is 13.1. The minimum absolute atomic E-state index is 0.0908. The van der Waals surface area contributed by atoms with E-state index in [0.29, 0.717) is 12.8 Å². The fourth-order valence-electron chi connectivity index (χ4n) is 3.71. The van der Waals surface area contributed by atoms with Crippen LogP contribution < -0.4 is 10.6 Å². The lowest BCUT2D eigenvalue weighted by Gasteiger charge is -2.24. The molecule has 0 saturated carbocycles. The van der Waals surface area contributed by atoms with Crippen molar-refractivity contribution < 1.29 is 24.2 Å². The molecule has 0 heterocycles. The van der Waals surface area contributed by atoms with E-state index in [0.717, 1.165) is 11.1 Å². The van der Waals surface area contributed by atoms with Gasteiger partial charge in [-0.25, -0.2) is 0 Å². The highest BCUT2D eigenvalue weighted by atomic mass is 16.5. The Labute approximate surface area is 213 Å². The van der Waals surface area contributed by atoms with Crippen LogP contribution in [0.2, 0.25) is 0 Å². The molecule has 2 rings (SSSR count). The van der Waals surface area contributed by atoms with Gasteiger partial charge >= 0.3 is 5.97 Å². The lowest BCUT2D eigenvalue weighted by molar-refractivity contribution is -0.150. The first kappa shape index (κ1) is 28.5. The Hall–Kier alpha value is -3.71. The molecule has 0 aliphatic rings. The van der Waals surface area contributed by atoms with Gasteiger partial charge in [-0.05, 0) is 37.3 Å². The second-order valence-electron chi connectivity index (χ2n) is 8.68. The smallest absolute Gasteiger partial charge is 0.309 e. The first-order chi connectivity index (χ1) is 17.4. The standard InChI is InChI=1S/C29H36N2O5/c1-4-12-24(18-22-14-8-6-9-15-22)29(35)36-20-26(23-16-10-7-11-17-23)31-28(34)25(13-5-2)27(33)30-21(3)19-32/h4-11,14-17,21,24-26,32H,1-2,12-13,18-20H2,3H3,(H,30,33)(H,31,34)/t21-,24+,25?,26-/m1/s1. The second-order valence-corrected chi connectivity index (χ2v) is 8.68. The van der Waals surface area contributed by atoms with Gasteiger partial charge in [-0.1, -0.05) is 72.8 Å². The van der Waals surface area contributed by atoms with E-state index in [1.807, 2.05) is 60.7 Å². The Kier molecular flexibility index (Phi) is 12.1. The number of nitrogens with one attached hydrogen (secondary N) is 2. The Balaban J connectivity index is 2.14. The van der Waals surface area contributed by atoms with E-state index in [1.165, 1.54) is 6.08 Å². The van der Waals surface area contributed by atoms with E-state index in [-0.39, 0.29) is 25.6 Å². The van der Waals surface area contributed by atoms with Gasteiger partial charge in [0.2, 0.25) is 11.8 Å². The van der Waals surface area contributed by atoms with Crippen LogP contribution in [0.3, 0.4) is 0 Å². The lowest BCUT2D eigenvalue weighted by atomic mass is 9.96. The number of allylic oxidation sites excluding steroid dienone is 2. The molecule has 0 bridgehead atoms. The van der Waals surface area contributed by atoms with Crippen LogP contribution in [0.15, 0.2) is 86.0 Å². The minimum atomic E-state index is -1.04. The number of amides is 2. The zero-order valence-corrected chi connectivity index (χ0v) is 20.8. The number of benzene rings is 2. The van der Waals surface area contributed by atoms with Gasteiger partial charge in [0, 0.05) is 6.04 Å². The van der Waals surface area contributed by atoms with Crippen LogP contribution in [0.5, 0.6) is 0 Å². The highest BCUT2D eigenvalue weighted by Gasteiger charge is 2.29. The highest BCUT2D eigenvalue weighted by molar-refractivity contribution is 6.00. The average Bonchev–Trinajstić information content (AvgIpc) is 2.89. The van der Waals surface area contributed by atoms with Gasteiger partial charge < -0.3 is 20.5 Å². The van der Waals surface area contributed by atoms with Crippen molar-refractivity contribution >= 4 is 17.8 Å². The Morgan fingerprint density at radius 1 is 0.917 bits per heavy atom. The summed E-state index contributed by atoms with van der Waals surface area (Å²) in [5.41, 5.74) is 1.76. The van der Waals surface area contributed by atoms with Gasteiger partial charge in [0.05, 0.1) is 18.6 Å². The predicted molar refractivity (Wildman–Crippen MR) is 140 cm³/mol. The van der Waals surface area contributed by atoms with Crippen LogP contribution in [0.1, 0.15) is 36.9 Å². The number of ether oxygens (including phenoxy) is 1. The zero-order valence-electron chi connectivity index (χ0n) is 20.8. The summed E-state index contributed by atoms with van der Waals surface area (Å²) in [7, 11) is 0. The average molecular weight is 493 g/mol. The molecular formula is C29H36N2O5. The third-order valence-corrected chi connectivity index (χ3v) is 5.72. The van der Waals surface area contributed by atoms with Crippen LogP contribution >= 0.6 is 0 Å². The van der Waals surface area contributed by atoms with Gasteiger partial charge in [0.25, 0.3) is 0 Å². The summed E-state index contributed by atoms with van der Waals surface area (Å²) in [4.78, 5) is 38.7. The fourth-order valence-corrected chi connectivity index (χ4v) is 3.71. The summed E-state index contributed by atoms with van der Waals surface area (Å²) in [5, 5.41) is 14.7. The van der Waals surface area contributed by atoms with E-state index in [2.05, 4.69) is 23.8 Å². The van der Waals surface area contributed by atoms with Crippen LogP contribution in [0.4, 0.5) is 0 Å². The van der Waals surface area contributed by atoms with Gasteiger partial charge in [-0.15, -0.1) is 13.2 Å². The number of carbonyl (C=O) groups excluding carboxylic acids is 3. The first-order valence-corrected chi connectivity index (χ1v) is 12.1. The first-order valence-electron chi connectivity index (χ1n) is 12.1. The molecule has 0 aliphatic heterocycles. The number of hydrogen-bond donors (Lipinski definition) is 3. The van der Waals surface area contributed by atoms with E-state index >= 15 is 0 Å². The molecule has 0 aliphatic carbocycles. The number of hydrogen-bond acceptors (Lipinski definition) is 5. The Morgan fingerprint density at radius 2 is 1.50 bits per heavy atom. The van der Waals surface area contributed by atoms with Gasteiger partial charge in [0.1, 0.15) is 12.5 Å². The maximum Gasteiger partial charge on any atom is 0.309 e. The SMILES string of the molecule is C=CCC(C(=O)N[C@H](C)CO)C(=O)N[C@H](COC(=O)[C@@H](CC=C)Cc1ccccc1)c1ccccc1.